The molecule has 0 spiro atoms. The molecule has 0 unspecified atom stereocenters. The van der Waals surface area contributed by atoms with E-state index in [0.717, 1.165) is 23.1 Å². The molecule has 1 N–H and O–H groups in total. The Labute approximate surface area is 98.2 Å². The van der Waals surface area contributed by atoms with Crippen LogP contribution in [-0.4, -0.2) is 11.5 Å². The monoisotopic (exact) mass is 240 g/mol. The second-order valence-electron chi connectivity index (χ2n) is 3.17. The van der Waals surface area contributed by atoms with Gasteiger partial charge in [0.1, 0.15) is 0 Å². The number of aromatic nitrogens is 1. The van der Waals surface area contributed by atoms with Crippen molar-refractivity contribution in [2.45, 2.75) is 6.92 Å². The first-order valence-corrected chi connectivity index (χ1v) is 5.45. The molecule has 1 aromatic carbocycles. The first-order chi connectivity index (χ1) is 7.22. The fourth-order valence-corrected chi connectivity index (χ4v) is 2.13. The van der Waals surface area contributed by atoms with Crippen LogP contribution in [0, 0.1) is 0 Å². The predicted molar refractivity (Wildman–Crippen MR) is 65.9 cm³/mol. The molecular formula is C11H10Cl2N2. The van der Waals surface area contributed by atoms with Crippen LogP contribution < -0.4 is 5.32 Å². The summed E-state index contributed by atoms with van der Waals surface area (Å²) in [4.78, 5) is 4.24. The number of nitrogens with zero attached hydrogens (tertiary/aromatic N) is 1. The Morgan fingerprint density at radius 3 is 2.87 bits per heavy atom. The largest absolute Gasteiger partial charge is 0.385 e. The molecule has 0 aliphatic rings. The van der Waals surface area contributed by atoms with Gasteiger partial charge in [-0.1, -0.05) is 23.2 Å². The van der Waals surface area contributed by atoms with Crippen molar-refractivity contribution < 1.29 is 0 Å². The molecule has 0 amide bonds. The Hall–Kier alpha value is -0.990. The zero-order valence-electron chi connectivity index (χ0n) is 8.22. The van der Waals surface area contributed by atoms with Gasteiger partial charge in [-0.05, 0) is 25.1 Å². The molecule has 2 aromatic rings. The summed E-state index contributed by atoms with van der Waals surface area (Å²) in [5.74, 6) is 0. The maximum Gasteiger partial charge on any atom is 0.0752 e. The highest BCUT2D eigenvalue weighted by Crippen LogP contribution is 2.31. The summed E-state index contributed by atoms with van der Waals surface area (Å²) in [5, 5.41) is 5.40. The lowest BCUT2D eigenvalue weighted by molar-refractivity contribution is 1.21. The quantitative estimate of drug-likeness (QED) is 0.860. The van der Waals surface area contributed by atoms with E-state index in [4.69, 9.17) is 23.2 Å². The molecule has 0 saturated carbocycles. The number of hydrogen-bond donors (Lipinski definition) is 1. The minimum atomic E-state index is 0.605. The Morgan fingerprint density at radius 2 is 2.13 bits per heavy atom. The molecule has 2 nitrogen and oxygen atoms in total. The zero-order chi connectivity index (χ0) is 10.8. The van der Waals surface area contributed by atoms with Crippen LogP contribution in [0.4, 0.5) is 5.69 Å². The first kappa shape index (κ1) is 10.5. The van der Waals surface area contributed by atoms with Crippen LogP contribution in [0.1, 0.15) is 6.92 Å². The van der Waals surface area contributed by atoms with Crippen LogP contribution in [-0.2, 0) is 0 Å². The summed E-state index contributed by atoms with van der Waals surface area (Å²) in [7, 11) is 0. The molecule has 0 bridgehead atoms. The van der Waals surface area contributed by atoms with Gasteiger partial charge in [0.2, 0.25) is 0 Å². The molecule has 15 heavy (non-hydrogen) atoms. The van der Waals surface area contributed by atoms with E-state index < -0.39 is 0 Å². The van der Waals surface area contributed by atoms with Crippen LogP contribution in [0.3, 0.4) is 0 Å². The lowest BCUT2D eigenvalue weighted by Gasteiger charge is -2.08. The van der Waals surface area contributed by atoms with Crippen molar-refractivity contribution in [2.75, 3.05) is 11.9 Å². The van der Waals surface area contributed by atoms with Crippen molar-refractivity contribution in [3.8, 4) is 0 Å². The molecule has 2 rings (SSSR count). The van der Waals surface area contributed by atoms with E-state index in [-0.39, 0.29) is 0 Å². The molecule has 0 radical (unpaired) electrons. The molecule has 0 aliphatic heterocycles. The molecule has 0 fully saturated rings. The number of rotatable bonds is 2. The van der Waals surface area contributed by atoms with Crippen LogP contribution in [0.25, 0.3) is 10.9 Å². The van der Waals surface area contributed by atoms with Crippen molar-refractivity contribution in [1.82, 2.24) is 4.98 Å². The topological polar surface area (TPSA) is 24.9 Å². The van der Waals surface area contributed by atoms with Crippen LogP contribution >= 0.6 is 23.2 Å². The smallest absolute Gasteiger partial charge is 0.0752 e. The van der Waals surface area contributed by atoms with Gasteiger partial charge in [0, 0.05) is 28.8 Å². The summed E-state index contributed by atoms with van der Waals surface area (Å²) in [6.45, 7) is 2.88. The van der Waals surface area contributed by atoms with Gasteiger partial charge in [0.15, 0.2) is 0 Å². The molecule has 78 valence electrons. The number of nitrogens with one attached hydrogen (secondary N) is 1. The average molecular weight is 241 g/mol. The van der Waals surface area contributed by atoms with Crippen molar-refractivity contribution in [1.29, 1.82) is 0 Å². The minimum Gasteiger partial charge on any atom is -0.385 e. The molecule has 0 aliphatic carbocycles. The van der Waals surface area contributed by atoms with E-state index in [0.29, 0.717) is 10.0 Å². The third kappa shape index (κ3) is 2.01. The third-order valence-corrected chi connectivity index (χ3v) is 2.64. The van der Waals surface area contributed by atoms with Crippen molar-refractivity contribution in [2.24, 2.45) is 0 Å². The summed E-state index contributed by atoms with van der Waals surface area (Å²) in [6.07, 6.45) is 1.74. The second-order valence-corrected chi connectivity index (χ2v) is 4.01. The lowest BCUT2D eigenvalue weighted by atomic mass is 10.2. The maximum atomic E-state index is 6.14. The molecule has 0 saturated heterocycles. The predicted octanol–water partition coefficient (Wildman–Crippen LogP) is 3.97. The zero-order valence-corrected chi connectivity index (χ0v) is 9.73. The van der Waals surface area contributed by atoms with E-state index in [9.17, 15) is 0 Å². The Morgan fingerprint density at radius 1 is 1.33 bits per heavy atom. The molecule has 1 aromatic heterocycles. The maximum absolute atomic E-state index is 6.14. The number of hydrogen-bond acceptors (Lipinski definition) is 2. The SMILES string of the molecule is CCNc1ccnc2cc(Cl)cc(Cl)c12. The first-order valence-electron chi connectivity index (χ1n) is 4.70. The number of halogens is 2. The molecule has 1 heterocycles. The summed E-state index contributed by atoms with van der Waals surface area (Å²) in [5.41, 5.74) is 1.80. The molecular weight excluding hydrogens is 231 g/mol. The standard InChI is InChI=1S/C11H10Cl2N2/c1-2-14-9-3-4-15-10-6-7(12)5-8(13)11(9)10/h3-6H,2H2,1H3,(H,14,15). The Kier molecular flexibility index (Phi) is 2.98. The van der Waals surface area contributed by atoms with Gasteiger partial charge < -0.3 is 5.32 Å². The summed E-state index contributed by atoms with van der Waals surface area (Å²) in [6, 6.07) is 5.45. The van der Waals surface area contributed by atoms with E-state index in [1.165, 1.54) is 0 Å². The van der Waals surface area contributed by atoms with Crippen LogP contribution in [0.2, 0.25) is 10.0 Å². The highest BCUT2D eigenvalue weighted by molar-refractivity contribution is 6.39. The Balaban J connectivity index is 2.73. The highest BCUT2D eigenvalue weighted by Gasteiger charge is 2.06. The van der Waals surface area contributed by atoms with Crippen LogP contribution in [0.5, 0.6) is 0 Å². The van der Waals surface area contributed by atoms with E-state index in [2.05, 4.69) is 10.3 Å². The molecule has 4 heteroatoms. The van der Waals surface area contributed by atoms with Gasteiger partial charge in [-0.2, -0.15) is 0 Å². The highest BCUT2D eigenvalue weighted by atomic mass is 35.5. The second kappa shape index (κ2) is 4.25. The average Bonchev–Trinajstić information content (AvgIpc) is 2.17. The van der Waals surface area contributed by atoms with Crippen molar-refractivity contribution in [3.05, 3.63) is 34.4 Å². The normalized spacial score (nSPS) is 10.6. The van der Waals surface area contributed by atoms with Crippen molar-refractivity contribution in [3.63, 3.8) is 0 Å². The number of pyridine rings is 1. The number of benzene rings is 1. The fourth-order valence-electron chi connectivity index (χ4n) is 1.54. The number of anilines is 1. The minimum absolute atomic E-state index is 0.605. The van der Waals surface area contributed by atoms with Gasteiger partial charge in [-0.3, -0.25) is 4.98 Å². The van der Waals surface area contributed by atoms with Gasteiger partial charge in [-0.15, -0.1) is 0 Å². The van der Waals surface area contributed by atoms with E-state index >= 15 is 0 Å². The fraction of sp³-hybridized carbons (Fsp3) is 0.182. The lowest BCUT2D eigenvalue weighted by Crippen LogP contribution is -1.98. The van der Waals surface area contributed by atoms with E-state index in [1.807, 2.05) is 19.1 Å². The van der Waals surface area contributed by atoms with Crippen molar-refractivity contribution >= 4 is 39.8 Å². The van der Waals surface area contributed by atoms with Gasteiger partial charge >= 0.3 is 0 Å². The van der Waals surface area contributed by atoms with Gasteiger partial charge in [-0.25, -0.2) is 0 Å². The summed E-state index contributed by atoms with van der Waals surface area (Å²) >= 11 is 12.0. The van der Waals surface area contributed by atoms with E-state index in [1.54, 1.807) is 12.3 Å². The number of fused-ring (bicyclic) bond motifs is 1. The van der Waals surface area contributed by atoms with Gasteiger partial charge in [0.25, 0.3) is 0 Å². The molecule has 0 atom stereocenters. The third-order valence-electron chi connectivity index (χ3n) is 2.13. The van der Waals surface area contributed by atoms with Crippen LogP contribution in [0.15, 0.2) is 24.4 Å². The summed E-state index contributed by atoms with van der Waals surface area (Å²) < 4.78 is 0. The Bertz CT molecular complexity index is 497. The van der Waals surface area contributed by atoms with Gasteiger partial charge in [0.05, 0.1) is 10.5 Å².